The summed E-state index contributed by atoms with van der Waals surface area (Å²) in [6.07, 6.45) is 1.65. The molecule has 2 aliphatic carbocycles. The topological polar surface area (TPSA) is 88.0 Å². The second-order valence-electron chi connectivity index (χ2n) is 9.81. The van der Waals surface area contributed by atoms with Gasteiger partial charge in [-0.05, 0) is 67.0 Å². The fraction of sp³-hybridized carbons (Fsp3) is 0.385. The first-order valence-corrected chi connectivity index (χ1v) is 11.4. The van der Waals surface area contributed by atoms with Gasteiger partial charge in [0.25, 0.3) is 5.91 Å². The SMILES string of the molecule is C[C@H](CO)NC(=O)c1cccc([C@]23CC[C@@H](c4cc(-c5c(F)cccc5F)nnc42)C3(C)C)n1. The fourth-order valence-electron chi connectivity index (χ4n) is 5.90. The van der Waals surface area contributed by atoms with Crippen molar-refractivity contribution in [3.8, 4) is 11.3 Å². The number of aliphatic hydroxyl groups excluding tert-OH is 1. The summed E-state index contributed by atoms with van der Waals surface area (Å²) < 4.78 is 28.9. The van der Waals surface area contributed by atoms with Crippen LogP contribution < -0.4 is 5.32 Å². The van der Waals surface area contributed by atoms with Crippen LogP contribution in [0.5, 0.6) is 0 Å². The Labute approximate surface area is 196 Å². The monoisotopic (exact) mass is 464 g/mol. The third-order valence-electron chi connectivity index (χ3n) is 7.67. The molecule has 3 atom stereocenters. The molecule has 0 radical (unpaired) electrons. The van der Waals surface area contributed by atoms with Crippen molar-refractivity contribution in [1.29, 1.82) is 0 Å². The summed E-state index contributed by atoms with van der Waals surface area (Å²) >= 11 is 0. The van der Waals surface area contributed by atoms with Crippen molar-refractivity contribution in [3.05, 3.63) is 76.7 Å². The fourth-order valence-corrected chi connectivity index (χ4v) is 5.90. The normalized spacial score (nSPS) is 22.9. The first-order valence-electron chi connectivity index (χ1n) is 11.4. The molecule has 1 aromatic carbocycles. The zero-order chi connectivity index (χ0) is 24.3. The maximum absolute atomic E-state index is 14.4. The number of nitrogens with zero attached hydrogens (tertiary/aromatic N) is 3. The van der Waals surface area contributed by atoms with E-state index in [1.807, 2.05) is 6.07 Å². The number of aromatic nitrogens is 3. The maximum atomic E-state index is 14.4. The molecule has 34 heavy (non-hydrogen) atoms. The van der Waals surface area contributed by atoms with E-state index >= 15 is 0 Å². The molecule has 1 saturated carbocycles. The Hall–Kier alpha value is -3.26. The molecule has 6 nitrogen and oxygen atoms in total. The van der Waals surface area contributed by atoms with Crippen LogP contribution >= 0.6 is 0 Å². The number of carbonyl (C=O) groups is 1. The molecule has 2 N–H and O–H groups in total. The van der Waals surface area contributed by atoms with Crippen LogP contribution in [0.25, 0.3) is 11.3 Å². The van der Waals surface area contributed by atoms with Crippen LogP contribution in [0.1, 0.15) is 67.0 Å². The first-order chi connectivity index (χ1) is 16.2. The summed E-state index contributed by atoms with van der Waals surface area (Å²) in [6.45, 7) is 5.85. The van der Waals surface area contributed by atoms with E-state index in [1.165, 1.54) is 18.2 Å². The molecular weight excluding hydrogens is 438 g/mol. The lowest BCUT2D eigenvalue weighted by Crippen LogP contribution is -2.39. The van der Waals surface area contributed by atoms with E-state index in [-0.39, 0.29) is 40.8 Å². The van der Waals surface area contributed by atoms with Crippen molar-refractivity contribution < 1.29 is 18.7 Å². The molecule has 8 heteroatoms. The highest BCUT2D eigenvalue weighted by Crippen LogP contribution is 2.69. The van der Waals surface area contributed by atoms with E-state index < -0.39 is 23.1 Å². The lowest BCUT2D eigenvalue weighted by Gasteiger charge is -2.37. The molecule has 5 rings (SSSR count). The highest BCUT2D eigenvalue weighted by molar-refractivity contribution is 5.92. The third-order valence-corrected chi connectivity index (χ3v) is 7.67. The molecule has 176 valence electrons. The van der Waals surface area contributed by atoms with E-state index in [1.54, 1.807) is 25.1 Å². The largest absolute Gasteiger partial charge is 0.394 e. The van der Waals surface area contributed by atoms with Gasteiger partial charge in [-0.1, -0.05) is 26.0 Å². The number of hydrogen-bond donors (Lipinski definition) is 2. The maximum Gasteiger partial charge on any atom is 0.270 e. The average Bonchev–Trinajstić information content (AvgIpc) is 3.20. The summed E-state index contributed by atoms with van der Waals surface area (Å²) in [4.78, 5) is 17.4. The summed E-state index contributed by atoms with van der Waals surface area (Å²) in [6, 6.07) is 10.5. The van der Waals surface area contributed by atoms with Crippen LogP contribution in [0.3, 0.4) is 0 Å². The van der Waals surface area contributed by atoms with Crippen LogP contribution in [0, 0.1) is 17.0 Å². The number of carbonyl (C=O) groups excluding carboxylic acids is 1. The Balaban J connectivity index is 1.62. The number of fused-ring (bicyclic) bond motifs is 5. The lowest BCUT2D eigenvalue weighted by molar-refractivity contribution is 0.0916. The Morgan fingerprint density at radius 2 is 1.88 bits per heavy atom. The Kier molecular flexibility index (Phi) is 5.24. The van der Waals surface area contributed by atoms with Gasteiger partial charge in [0.1, 0.15) is 17.3 Å². The predicted molar refractivity (Wildman–Crippen MR) is 122 cm³/mol. The highest BCUT2D eigenvalue weighted by Gasteiger charge is 2.65. The van der Waals surface area contributed by atoms with Gasteiger partial charge in [-0.2, -0.15) is 5.10 Å². The Morgan fingerprint density at radius 3 is 2.59 bits per heavy atom. The van der Waals surface area contributed by atoms with Crippen molar-refractivity contribution in [2.75, 3.05) is 6.61 Å². The third kappa shape index (κ3) is 3.08. The molecule has 2 bridgehead atoms. The van der Waals surface area contributed by atoms with Gasteiger partial charge >= 0.3 is 0 Å². The number of aliphatic hydroxyl groups is 1. The van der Waals surface area contributed by atoms with Crippen molar-refractivity contribution in [3.63, 3.8) is 0 Å². The van der Waals surface area contributed by atoms with Gasteiger partial charge in [0, 0.05) is 6.04 Å². The number of pyridine rings is 1. The van der Waals surface area contributed by atoms with E-state index in [0.717, 1.165) is 29.8 Å². The van der Waals surface area contributed by atoms with E-state index in [2.05, 4.69) is 29.4 Å². The molecule has 0 unspecified atom stereocenters. The van der Waals surface area contributed by atoms with Gasteiger partial charge in [-0.25, -0.2) is 13.8 Å². The second kappa shape index (κ2) is 7.91. The molecule has 3 aromatic rings. The molecular formula is C26H26F2N4O2. The quantitative estimate of drug-likeness (QED) is 0.593. The van der Waals surface area contributed by atoms with Gasteiger partial charge in [0.2, 0.25) is 0 Å². The minimum Gasteiger partial charge on any atom is -0.394 e. The molecule has 1 fully saturated rings. The van der Waals surface area contributed by atoms with Gasteiger partial charge in [-0.15, -0.1) is 5.10 Å². The zero-order valence-electron chi connectivity index (χ0n) is 19.3. The molecule has 0 spiro atoms. The minimum atomic E-state index is -0.677. The summed E-state index contributed by atoms with van der Waals surface area (Å²) in [5.41, 5.74) is 1.79. The number of hydrogen-bond acceptors (Lipinski definition) is 5. The number of rotatable bonds is 5. The van der Waals surface area contributed by atoms with E-state index in [9.17, 15) is 18.7 Å². The molecule has 2 heterocycles. The van der Waals surface area contributed by atoms with Gasteiger partial charge < -0.3 is 10.4 Å². The van der Waals surface area contributed by atoms with Crippen LogP contribution in [-0.4, -0.2) is 38.8 Å². The van der Waals surface area contributed by atoms with E-state index in [0.29, 0.717) is 0 Å². The number of benzene rings is 1. The number of halogens is 2. The van der Waals surface area contributed by atoms with Crippen molar-refractivity contribution in [2.45, 2.75) is 51.0 Å². The smallest absolute Gasteiger partial charge is 0.270 e. The second-order valence-corrected chi connectivity index (χ2v) is 9.81. The predicted octanol–water partition coefficient (Wildman–Crippen LogP) is 4.13. The molecule has 1 amide bonds. The summed E-state index contributed by atoms with van der Waals surface area (Å²) in [7, 11) is 0. The first kappa shape index (κ1) is 22.5. The number of nitrogens with one attached hydrogen (secondary N) is 1. The minimum absolute atomic E-state index is 0.111. The molecule has 0 aliphatic heterocycles. The van der Waals surface area contributed by atoms with Crippen LogP contribution in [0.15, 0.2) is 42.5 Å². The van der Waals surface area contributed by atoms with Gasteiger partial charge in [-0.3, -0.25) is 4.79 Å². The summed E-state index contributed by atoms with van der Waals surface area (Å²) in [5.74, 6) is -1.60. The van der Waals surface area contributed by atoms with E-state index in [4.69, 9.17) is 4.98 Å². The van der Waals surface area contributed by atoms with Crippen LogP contribution in [-0.2, 0) is 5.41 Å². The molecule has 2 aliphatic rings. The summed E-state index contributed by atoms with van der Waals surface area (Å²) in [5, 5.41) is 20.8. The van der Waals surface area contributed by atoms with Gasteiger partial charge in [0.05, 0.1) is 34.7 Å². The average molecular weight is 465 g/mol. The Morgan fingerprint density at radius 1 is 1.18 bits per heavy atom. The molecule has 0 saturated heterocycles. The van der Waals surface area contributed by atoms with Crippen LogP contribution in [0.2, 0.25) is 0 Å². The highest BCUT2D eigenvalue weighted by atomic mass is 19.1. The van der Waals surface area contributed by atoms with Crippen molar-refractivity contribution in [1.82, 2.24) is 20.5 Å². The van der Waals surface area contributed by atoms with Crippen molar-refractivity contribution >= 4 is 5.91 Å². The van der Waals surface area contributed by atoms with Gasteiger partial charge in [0.15, 0.2) is 0 Å². The Bertz CT molecular complexity index is 1280. The van der Waals surface area contributed by atoms with Crippen molar-refractivity contribution in [2.24, 2.45) is 5.41 Å². The standard InChI is InChI=1S/C26H26F2N4O2/c1-14(13-33)29-24(34)19-8-5-9-21(30-19)26-11-10-16(25(26,2)3)15-12-20(31-32-23(15)26)22-17(27)6-4-7-18(22)28/h4-9,12,14,16,33H,10-11,13H2,1-3H3,(H,29,34)/t14-,16+,26-/m1/s1. The number of amides is 1. The zero-order valence-corrected chi connectivity index (χ0v) is 19.3. The van der Waals surface area contributed by atoms with Crippen LogP contribution in [0.4, 0.5) is 8.78 Å². The molecule has 2 aromatic heterocycles. The lowest BCUT2D eigenvalue weighted by atomic mass is 9.66.